The van der Waals surface area contributed by atoms with Crippen LogP contribution >= 0.6 is 11.6 Å². The largest absolute Gasteiger partial charge is 0.462 e. The molecule has 0 spiro atoms. The first kappa shape index (κ1) is 14.6. The molecule has 0 radical (unpaired) electrons. The lowest BCUT2D eigenvalue weighted by Gasteiger charge is -2.10. The molecule has 0 aliphatic rings. The zero-order valence-corrected chi connectivity index (χ0v) is 12.1. The summed E-state index contributed by atoms with van der Waals surface area (Å²) >= 11 is 6.18. The fourth-order valence-corrected chi connectivity index (χ4v) is 2.16. The zero-order valence-electron chi connectivity index (χ0n) is 11.3. The van der Waals surface area contributed by atoms with Crippen LogP contribution in [0.3, 0.4) is 0 Å². The highest BCUT2D eigenvalue weighted by Gasteiger charge is 2.11. The monoisotopic (exact) mass is 293 g/mol. The quantitative estimate of drug-likeness (QED) is 0.880. The van der Waals surface area contributed by atoms with E-state index in [4.69, 9.17) is 22.1 Å². The molecule has 1 atom stereocenters. The molecule has 0 saturated heterocycles. The van der Waals surface area contributed by atoms with Gasteiger partial charge in [-0.05, 0) is 31.5 Å². The summed E-state index contributed by atoms with van der Waals surface area (Å²) in [5, 5.41) is 4.71. The van der Waals surface area contributed by atoms with Crippen molar-refractivity contribution in [2.75, 3.05) is 6.61 Å². The number of carbonyl (C=O) groups excluding carboxylic acids is 1. The number of ether oxygens (including phenoxy) is 1. The molecule has 0 aliphatic carbocycles. The Morgan fingerprint density at radius 1 is 1.55 bits per heavy atom. The van der Waals surface area contributed by atoms with Gasteiger partial charge in [0, 0.05) is 17.3 Å². The van der Waals surface area contributed by atoms with Gasteiger partial charge in [0.2, 0.25) is 0 Å². The molecule has 6 heteroatoms. The Morgan fingerprint density at radius 3 is 2.90 bits per heavy atom. The number of halogens is 1. The highest BCUT2D eigenvalue weighted by molar-refractivity contribution is 6.31. The van der Waals surface area contributed by atoms with Crippen LogP contribution < -0.4 is 5.73 Å². The Kier molecular flexibility index (Phi) is 4.42. The third-order valence-electron chi connectivity index (χ3n) is 2.83. The molecule has 2 rings (SSSR count). The van der Waals surface area contributed by atoms with E-state index in [9.17, 15) is 4.79 Å². The van der Waals surface area contributed by atoms with Gasteiger partial charge >= 0.3 is 5.97 Å². The molecule has 0 amide bonds. The van der Waals surface area contributed by atoms with Gasteiger partial charge in [-0.25, -0.2) is 9.48 Å². The Balaban J connectivity index is 2.28. The number of carbonyl (C=O) groups is 1. The maximum atomic E-state index is 11.6. The van der Waals surface area contributed by atoms with Crippen LogP contribution in [0.15, 0.2) is 30.6 Å². The smallest absolute Gasteiger partial charge is 0.341 e. The molecule has 0 bridgehead atoms. The van der Waals surface area contributed by atoms with Crippen LogP contribution in [0.5, 0.6) is 0 Å². The minimum Gasteiger partial charge on any atom is -0.462 e. The van der Waals surface area contributed by atoms with Crippen molar-refractivity contribution in [3.05, 3.63) is 46.7 Å². The van der Waals surface area contributed by atoms with E-state index >= 15 is 0 Å². The zero-order chi connectivity index (χ0) is 14.7. The van der Waals surface area contributed by atoms with Crippen LogP contribution in [0.1, 0.15) is 35.8 Å². The second-order valence-electron chi connectivity index (χ2n) is 4.39. The van der Waals surface area contributed by atoms with Gasteiger partial charge in [-0.1, -0.05) is 17.7 Å². The lowest BCUT2D eigenvalue weighted by Crippen LogP contribution is -2.06. The Labute approximate surface area is 122 Å². The molecule has 1 aromatic heterocycles. The van der Waals surface area contributed by atoms with Gasteiger partial charge in [-0.3, -0.25) is 0 Å². The van der Waals surface area contributed by atoms with Crippen LogP contribution in [0.2, 0.25) is 5.02 Å². The number of aromatic nitrogens is 2. The van der Waals surface area contributed by atoms with Crippen molar-refractivity contribution < 1.29 is 9.53 Å². The second-order valence-corrected chi connectivity index (χ2v) is 4.80. The first-order valence-corrected chi connectivity index (χ1v) is 6.68. The molecular weight excluding hydrogens is 278 g/mol. The first-order valence-electron chi connectivity index (χ1n) is 6.30. The Hall–Kier alpha value is -1.85. The van der Waals surface area contributed by atoms with Crippen molar-refractivity contribution in [3.8, 4) is 5.69 Å². The summed E-state index contributed by atoms with van der Waals surface area (Å²) < 4.78 is 6.49. The molecule has 2 N–H and O–H groups in total. The van der Waals surface area contributed by atoms with Crippen molar-refractivity contribution in [2.24, 2.45) is 5.73 Å². The van der Waals surface area contributed by atoms with E-state index in [1.54, 1.807) is 23.9 Å². The van der Waals surface area contributed by atoms with E-state index in [1.165, 1.54) is 6.20 Å². The average Bonchev–Trinajstić information content (AvgIpc) is 2.88. The molecule has 1 heterocycles. The van der Waals surface area contributed by atoms with Crippen LogP contribution in [-0.2, 0) is 4.74 Å². The highest BCUT2D eigenvalue weighted by Crippen LogP contribution is 2.24. The van der Waals surface area contributed by atoms with Gasteiger partial charge < -0.3 is 10.5 Å². The maximum Gasteiger partial charge on any atom is 0.341 e. The van der Waals surface area contributed by atoms with Gasteiger partial charge in [0.15, 0.2) is 0 Å². The lowest BCUT2D eigenvalue weighted by molar-refractivity contribution is 0.0526. The number of rotatable bonds is 4. The predicted octanol–water partition coefficient (Wildman–Crippen LogP) is 2.72. The standard InChI is InChI=1S/C14H16ClN3O2/c1-3-20-14(19)10-7-17-18(8-10)11-4-5-12(9(2)16)13(15)6-11/h4-9H,3,16H2,1-2H3. The summed E-state index contributed by atoms with van der Waals surface area (Å²) in [6.45, 7) is 3.96. The molecule has 0 saturated carbocycles. The second kappa shape index (κ2) is 6.07. The topological polar surface area (TPSA) is 70.1 Å². The molecule has 5 nitrogen and oxygen atoms in total. The molecule has 1 unspecified atom stereocenters. The first-order chi connectivity index (χ1) is 9.52. The van der Waals surface area contributed by atoms with Crippen molar-refractivity contribution in [1.82, 2.24) is 9.78 Å². The molecule has 1 aromatic carbocycles. The van der Waals surface area contributed by atoms with Crippen molar-refractivity contribution in [1.29, 1.82) is 0 Å². The fourth-order valence-electron chi connectivity index (χ4n) is 1.81. The molecule has 2 aromatic rings. The summed E-state index contributed by atoms with van der Waals surface area (Å²) in [6.07, 6.45) is 3.07. The van der Waals surface area contributed by atoms with Crippen molar-refractivity contribution in [3.63, 3.8) is 0 Å². The summed E-state index contributed by atoms with van der Waals surface area (Å²) in [5.74, 6) is -0.392. The molecule has 0 fully saturated rings. The van der Waals surface area contributed by atoms with E-state index in [0.29, 0.717) is 17.2 Å². The van der Waals surface area contributed by atoms with E-state index in [-0.39, 0.29) is 6.04 Å². The molecular formula is C14H16ClN3O2. The number of esters is 1. The van der Waals surface area contributed by atoms with Crippen LogP contribution in [-0.4, -0.2) is 22.4 Å². The van der Waals surface area contributed by atoms with Crippen molar-refractivity contribution in [2.45, 2.75) is 19.9 Å². The third kappa shape index (κ3) is 3.00. The maximum absolute atomic E-state index is 11.6. The number of nitrogens with two attached hydrogens (primary N) is 1. The van der Waals surface area contributed by atoms with Gasteiger partial charge in [-0.15, -0.1) is 0 Å². The van der Waals surface area contributed by atoms with E-state index < -0.39 is 5.97 Å². The predicted molar refractivity (Wildman–Crippen MR) is 77.1 cm³/mol. The lowest BCUT2D eigenvalue weighted by atomic mass is 10.1. The number of hydrogen-bond donors (Lipinski definition) is 1. The van der Waals surface area contributed by atoms with Gasteiger partial charge in [0.1, 0.15) is 0 Å². The number of nitrogens with zero attached hydrogens (tertiary/aromatic N) is 2. The normalized spacial score (nSPS) is 12.2. The summed E-state index contributed by atoms with van der Waals surface area (Å²) in [6, 6.07) is 5.34. The SMILES string of the molecule is CCOC(=O)c1cnn(-c2ccc(C(C)N)c(Cl)c2)c1. The third-order valence-corrected chi connectivity index (χ3v) is 3.16. The summed E-state index contributed by atoms with van der Waals surface area (Å²) in [7, 11) is 0. The van der Waals surface area contributed by atoms with Crippen LogP contribution in [0, 0.1) is 0 Å². The highest BCUT2D eigenvalue weighted by atomic mass is 35.5. The summed E-state index contributed by atoms with van der Waals surface area (Å²) in [5.41, 5.74) is 7.84. The minimum absolute atomic E-state index is 0.135. The molecule has 106 valence electrons. The Morgan fingerprint density at radius 2 is 2.30 bits per heavy atom. The minimum atomic E-state index is -0.392. The summed E-state index contributed by atoms with van der Waals surface area (Å²) in [4.78, 5) is 11.6. The molecule has 20 heavy (non-hydrogen) atoms. The number of hydrogen-bond acceptors (Lipinski definition) is 4. The van der Waals surface area contributed by atoms with E-state index in [0.717, 1.165) is 11.3 Å². The fraction of sp³-hybridized carbons (Fsp3) is 0.286. The van der Waals surface area contributed by atoms with Gasteiger partial charge in [-0.2, -0.15) is 5.10 Å². The van der Waals surface area contributed by atoms with E-state index in [1.807, 2.05) is 19.1 Å². The molecule has 0 aliphatic heterocycles. The van der Waals surface area contributed by atoms with E-state index in [2.05, 4.69) is 5.10 Å². The Bertz CT molecular complexity index is 623. The van der Waals surface area contributed by atoms with Gasteiger partial charge in [0.25, 0.3) is 0 Å². The van der Waals surface area contributed by atoms with Crippen LogP contribution in [0.25, 0.3) is 5.69 Å². The van der Waals surface area contributed by atoms with Crippen LogP contribution in [0.4, 0.5) is 0 Å². The number of benzene rings is 1. The average molecular weight is 294 g/mol. The van der Waals surface area contributed by atoms with Gasteiger partial charge in [0.05, 0.1) is 24.1 Å². The van der Waals surface area contributed by atoms with Crippen molar-refractivity contribution >= 4 is 17.6 Å².